The summed E-state index contributed by atoms with van der Waals surface area (Å²) in [4.78, 5) is 17.3. The highest BCUT2D eigenvalue weighted by atomic mass is 19.1. The number of ether oxygens (including phenoxy) is 1. The van der Waals surface area contributed by atoms with Gasteiger partial charge in [-0.15, -0.1) is 0 Å². The van der Waals surface area contributed by atoms with E-state index in [0.29, 0.717) is 28.6 Å². The van der Waals surface area contributed by atoms with Gasteiger partial charge in [-0.3, -0.25) is 13.9 Å². The number of pyridine rings is 1. The normalized spacial score (nSPS) is 11.1. The average molecular weight is 411 g/mol. The summed E-state index contributed by atoms with van der Waals surface area (Å²) in [5.74, 6) is -1.03. The molecule has 0 saturated carbocycles. The van der Waals surface area contributed by atoms with Crippen LogP contribution in [0.1, 0.15) is 27.4 Å². The molecule has 4 aromatic rings. The van der Waals surface area contributed by atoms with E-state index in [1.807, 2.05) is 6.92 Å². The van der Waals surface area contributed by atoms with Gasteiger partial charge >= 0.3 is 0 Å². The number of nitrogens with one attached hydrogen (secondary N) is 1. The number of nitrogens with zero attached hydrogens (tertiary/aromatic N) is 4. The number of rotatable bonds is 5. The Labute approximate surface area is 170 Å². The number of aryl methyl sites for hydroxylation is 3. The van der Waals surface area contributed by atoms with Crippen molar-refractivity contribution < 1.29 is 18.3 Å². The Morgan fingerprint density at radius 2 is 1.90 bits per heavy atom. The molecule has 0 atom stereocenters. The summed E-state index contributed by atoms with van der Waals surface area (Å²) in [6.07, 6.45) is 1.67. The van der Waals surface area contributed by atoms with Crippen molar-refractivity contribution in [2.45, 2.75) is 20.5 Å². The molecule has 0 spiro atoms. The van der Waals surface area contributed by atoms with Gasteiger partial charge in [0, 0.05) is 25.0 Å². The molecule has 0 unspecified atom stereocenters. The highest BCUT2D eigenvalue weighted by molar-refractivity contribution is 6.04. The lowest BCUT2D eigenvalue weighted by Crippen LogP contribution is -2.16. The molecule has 0 fully saturated rings. The summed E-state index contributed by atoms with van der Waals surface area (Å²) in [5, 5.41) is 6.99. The van der Waals surface area contributed by atoms with E-state index in [1.54, 1.807) is 47.4 Å². The first-order chi connectivity index (χ1) is 14.3. The van der Waals surface area contributed by atoms with Gasteiger partial charge in [0.25, 0.3) is 5.91 Å². The molecule has 1 amide bonds. The summed E-state index contributed by atoms with van der Waals surface area (Å²) < 4.78 is 36.6. The number of benzene rings is 1. The monoisotopic (exact) mass is 411 g/mol. The van der Waals surface area contributed by atoms with E-state index >= 15 is 0 Å². The van der Waals surface area contributed by atoms with Crippen LogP contribution in [0.4, 0.5) is 14.6 Å². The fraction of sp³-hybridized carbons (Fsp3) is 0.190. The van der Waals surface area contributed by atoms with Crippen molar-refractivity contribution in [3.05, 3.63) is 76.9 Å². The van der Waals surface area contributed by atoms with Crippen LogP contribution in [0.2, 0.25) is 0 Å². The molecule has 0 bridgehead atoms. The smallest absolute Gasteiger partial charge is 0.275 e. The minimum absolute atomic E-state index is 0.175. The molecule has 1 aromatic carbocycles. The molecule has 154 valence electrons. The van der Waals surface area contributed by atoms with Crippen LogP contribution in [0.3, 0.4) is 0 Å². The molecular formula is C21H19F2N5O2. The van der Waals surface area contributed by atoms with Gasteiger partial charge in [-0.25, -0.2) is 13.8 Å². The second kappa shape index (κ2) is 7.58. The van der Waals surface area contributed by atoms with Crippen LogP contribution in [0.15, 0.2) is 42.6 Å². The van der Waals surface area contributed by atoms with E-state index in [2.05, 4.69) is 15.4 Å². The second-order valence-corrected chi connectivity index (χ2v) is 6.85. The molecule has 7 nitrogen and oxygen atoms in total. The zero-order chi connectivity index (χ0) is 21.4. The number of fused-ring (bicyclic) bond motifs is 1. The third-order valence-electron chi connectivity index (χ3n) is 4.79. The fourth-order valence-electron chi connectivity index (χ4n) is 3.16. The van der Waals surface area contributed by atoms with Crippen molar-refractivity contribution in [1.29, 1.82) is 0 Å². The second-order valence-electron chi connectivity index (χ2n) is 6.85. The summed E-state index contributed by atoms with van der Waals surface area (Å²) >= 11 is 0. The van der Waals surface area contributed by atoms with Gasteiger partial charge in [-0.2, -0.15) is 5.10 Å². The minimum Gasteiger partial charge on any atom is -0.485 e. The van der Waals surface area contributed by atoms with Crippen LogP contribution < -0.4 is 10.1 Å². The lowest BCUT2D eigenvalue weighted by molar-refractivity contribution is 0.102. The Morgan fingerprint density at radius 1 is 1.17 bits per heavy atom. The first-order valence-electron chi connectivity index (χ1n) is 9.20. The quantitative estimate of drug-likeness (QED) is 0.542. The number of amides is 1. The maximum atomic E-state index is 13.9. The number of imidazole rings is 1. The number of hydrogen-bond donors (Lipinski definition) is 1. The van der Waals surface area contributed by atoms with Gasteiger partial charge in [0.1, 0.15) is 23.9 Å². The highest BCUT2D eigenvalue weighted by Crippen LogP contribution is 2.24. The van der Waals surface area contributed by atoms with Crippen LogP contribution in [-0.4, -0.2) is 25.1 Å². The van der Waals surface area contributed by atoms with E-state index < -0.39 is 11.6 Å². The molecule has 4 rings (SSSR count). The van der Waals surface area contributed by atoms with E-state index in [0.717, 1.165) is 5.69 Å². The van der Waals surface area contributed by atoms with Crippen molar-refractivity contribution in [2.24, 2.45) is 7.05 Å². The third-order valence-corrected chi connectivity index (χ3v) is 4.79. The molecule has 0 aliphatic heterocycles. The van der Waals surface area contributed by atoms with Gasteiger partial charge in [0.2, 0.25) is 0 Å². The van der Waals surface area contributed by atoms with E-state index in [9.17, 15) is 13.6 Å². The maximum absolute atomic E-state index is 13.9. The lowest BCUT2D eigenvalue weighted by Gasteiger charge is -2.09. The molecule has 0 radical (unpaired) electrons. The number of carbonyl (C=O) groups excluding carboxylic acids is 1. The largest absolute Gasteiger partial charge is 0.485 e. The number of aromatic nitrogens is 4. The molecule has 1 N–H and O–H groups in total. The van der Waals surface area contributed by atoms with Crippen LogP contribution in [0.5, 0.6) is 5.75 Å². The number of anilines is 1. The number of hydrogen-bond acceptors (Lipinski definition) is 4. The molecule has 30 heavy (non-hydrogen) atoms. The Kier molecular flexibility index (Phi) is 4.94. The van der Waals surface area contributed by atoms with E-state index in [4.69, 9.17) is 4.74 Å². The van der Waals surface area contributed by atoms with Crippen molar-refractivity contribution in [2.75, 3.05) is 5.32 Å². The first-order valence-corrected chi connectivity index (χ1v) is 9.20. The van der Waals surface area contributed by atoms with Crippen LogP contribution in [-0.2, 0) is 13.7 Å². The summed E-state index contributed by atoms with van der Waals surface area (Å²) in [5.41, 5.74) is 1.89. The predicted octanol–water partition coefficient (Wildman–Crippen LogP) is 3.79. The van der Waals surface area contributed by atoms with Gasteiger partial charge in [0.05, 0.1) is 11.3 Å². The summed E-state index contributed by atoms with van der Waals surface area (Å²) in [7, 11) is 1.78. The minimum atomic E-state index is -0.688. The van der Waals surface area contributed by atoms with Gasteiger partial charge in [-0.05, 0) is 38.1 Å². The van der Waals surface area contributed by atoms with Crippen molar-refractivity contribution in [3.8, 4) is 5.75 Å². The fourth-order valence-corrected chi connectivity index (χ4v) is 3.16. The van der Waals surface area contributed by atoms with E-state index in [-0.39, 0.29) is 18.1 Å². The summed E-state index contributed by atoms with van der Waals surface area (Å²) in [6.45, 7) is 3.27. The Morgan fingerprint density at radius 3 is 2.57 bits per heavy atom. The molecule has 0 saturated heterocycles. The average Bonchev–Trinajstić information content (AvgIpc) is 3.19. The maximum Gasteiger partial charge on any atom is 0.275 e. The summed E-state index contributed by atoms with van der Waals surface area (Å²) in [6, 6.07) is 8.69. The number of carbonyl (C=O) groups is 1. The Balaban J connectivity index is 1.64. The van der Waals surface area contributed by atoms with Crippen molar-refractivity contribution in [3.63, 3.8) is 0 Å². The van der Waals surface area contributed by atoms with Gasteiger partial charge in [-0.1, -0.05) is 6.07 Å². The third kappa shape index (κ3) is 3.49. The molecule has 0 aliphatic carbocycles. The SMILES string of the molecule is Cc1nc2c(OCc3c(F)cccc3F)cccn2c1C(=O)Nc1cc(C)n(C)n1. The highest BCUT2D eigenvalue weighted by Gasteiger charge is 2.20. The van der Waals surface area contributed by atoms with E-state index in [1.165, 1.54) is 18.2 Å². The molecule has 0 aliphatic rings. The molecule has 3 aromatic heterocycles. The van der Waals surface area contributed by atoms with Crippen LogP contribution in [0, 0.1) is 25.5 Å². The Hall–Kier alpha value is -3.75. The lowest BCUT2D eigenvalue weighted by atomic mass is 10.2. The predicted molar refractivity (Wildman–Crippen MR) is 107 cm³/mol. The first kappa shape index (κ1) is 19.6. The molecular weight excluding hydrogens is 392 g/mol. The zero-order valence-electron chi connectivity index (χ0n) is 16.6. The number of halogens is 2. The van der Waals surface area contributed by atoms with Crippen LogP contribution >= 0.6 is 0 Å². The van der Waals surface area contributed by atoms with Gasteiger partial charge in [0.15, 0.2) is 17.2 Å². The van der Waals surface area contributed by atoms with Crippen molar-refractivity contribution in [1.82, 2.24) is 19.2 Å². The zero-order valence-corrected chi connectivity index (χ0v) is 16.6. The molecule has 9 heteroatoms. The topological polar surface area (TPSA) is 73.5 Å². The van der Waals surface area contributed by atoms with Crippen LogP contribution in [0.25, 0.3) is 5.65 Å². The van der Waals surface area contributed by atoms with Crippen molar-refractivity contribution >= 4 is 17.4 Å². The molecule has 3 heterocycles. The van der Waals surface area contributed by atoms with Gasteiger partial charge < -0.3 is 10.1 Å². The Bertz CT molecular complexity index is 1220. The standard InChI is InChI=1S/C21H19F2N5O2/c1-12-10-18(26-27(12)3)25-21(29)19-13(2)24-20-17(8-5-9-28(19)20)30-11-14-15(22)6-4-7-16(14)23/h4-10H,11H2,1-3H3,(H,25,26,29).